The molecule has 0 spiro atoms. The molecule has 5 rings (SSSR count). The van der Waals surface area contributed by atoms with Gasteiger partial charge in [0.15, 0.2) is 5.58 Å². The highest BCUT2D eigenvalue weighted by Crippen LogP contribution is 2.32. The van der Waals surface area contributed by atoms with E-state index in [0.717, 1.165) is 53.8 Å². The molecule has 1 fully saturated rings. The monoisotopic (exact) mass is 517 g/mol. The van der Waals surface area contributed by atoms with E-state index in [1.54, 1.807) is 6.20 Å². The van der Waals surface area contributed by atoms with E-state index >= 15 is 0 Å². The lowest BCUT2D eigenvalue weighted by molar-refractivity contribution is -0.192. The molecule has 0 amide bonds. The molecule has 196 valence electrons. The molecular weight excluding hydrogens is 491 g/mol. The average molecular weight is 518 g/mol. The number of carboxylic acid groups (broad SMARTS) is 1. The highest BCUT2D eigenvalue weighted by atomic mass is 19.4. The standard InChI is InChI=1S/C22H25N7O.C2HF3O2/c1-28(2)17-3-4-20-19(10-17)27-22(30-20)18-9-14(11-25-21(18)23)15-12-26-29(13-15)16-5-7-24-8-6-16;3-2(4,5)1(6)7/h3-4,9-13,16,24H,5-8H2,1-2H3,(H2,23,25);(H,6,7). The van der Waals surface area contributed by atoms with Crippen LogP contribution < -0.4 is 16.0 Å². The van der Waals surface area contributed by atoms with Crippen molar-refractivity contribution in [2.75, 3.05) is 37.8 Å². The number of alkyl halides is 3. The Labute approximate surface area is 209 Å². The summed E-state index contributed by atoms with van der Waals surface area (Å²) in [6.07, 6.45) is 2.83. The number of nitrogens with two attached hydrogens (primary N) is 1. The van der Waals surface area contributed by atoms with Crippen LogP contribution in [-0.2, 0) is 4.79 Å². The maximum atomic E-state index is 10.6. The number of pyridine rings is 1. The van der Waals surface area contributed by atoms with Gasteiger partial charge in [-0.1, -0.05) is 0 Å². The van der Waals surface area contributed by atoms with E-state index in [0.29, 0.717) is 23.3 Å². The summed E-state index contributed by atoms with van der Waals surface area (Å²) in [6.45, 7) is 2.06. The van der Waals surface area contributed by atoms with Gasteiger partial charge in [0.2, 0.25) is 5.89 Å². The first-order chi connectivity index (χ1) is 17.5. The Bertz CT molecular complexity index is 1390. The summed E-state index contributed by atoms with van der Waals surface area (Å²) in [5.41, 5.74) is 11.4. The van der Waals surface area contributed by atoms with Gasteiger partial charge < -0.3 is 25.5 Å². The number of rotatable bonds is 4. The van der Waals surface area contributed by atoms with Crippen LogP contribution in [0.15, 0.2) is 47.3 Å². The Kier molecular flexibility index (Phi) is 7.34. The summed E-state index contributed by atoms with van der Waals surface area (Å²) in [5.74, 6) is -1.89. The van der Waals surface area contributed by atoms with Gasteiger partial charge in [-0.05, 0) is 50.2 Å². The number of aromatic nitrogens is 4. The Morgan fingerprint density at radius 2 is 1.89 bits per heavy atom. The largest absolute Gasteiger partial charge is 0.490 e. The summed E-state index contributed by atoms with van der Waals surface area (Å²) >= 11 is 0. The maximum absolute atomic E-state index is 10.6. The van der Waals surface area contributed by atoms with E-state index in [1.165, 1.54) is 0 Å². The second-order valence-electron chi connectivity index (χ2n) is 8.72. The fourth-order valence-electron chi connectivity index (χ4n) is 3.87. The van der Waals surface area contributed by atoms with Crippen molar-refractivity contribution in [2.45, 2.75) is 25.1 Å². The highest BCUT2D eigenvalue weighted by Gasteiger charge is 2.38. The first-order valence-electron chi connectivity index (χ1n) is 11.4. The zero-order valence-electron chi connectivity index (χ0n) is 20.2. The molecule has 0 aliphatic carbocycles. The molecule has 10 nitrogen and oxygen atoms in total. The van der Waals surface area contributed by atoms with Crippen LogP contribution in [0, 0.1) is 0 Å². The molecule has 0 unspecified atom stereocenters. The fourth-order valence-corrected chi connectivity index (χ4v) is 3.87. The Balaban J connectivity index is 0.000000405. The number of hydrogen-bond acceptors (Lipinski definition) is 8. The number of halogens is 3. The van der Waals surface area contributed by atoms with Crippen LogP contribution in [0.3, 0.4) is 0 Å². The SMILES string of the molecule is CN(C)c1ccc2oc(-c3cc(-c4cnn(C5CCNCC5)c4)cnc3N)nc2c1.O=C(O)C(F)(F)F. The van der Waals surface area contributed by atoms with Crippen molar-refractivity contribution in [1.82, 2.24) is 25.1 Å². The molecule has 4 aromatic rings. The zero-order chi connectivity index (χ0) is 26.7. The molecule has 1 saturated heterocycles. The van der Waals surface area contributed by atoms with Gasteiger partial charge in [-0.3, -0.25) is 4.68 Å². The molecule has 4 N–H and O–H groups in total. The molecule has 1 aliphatic heterocycles. The van der Waals surface area contributed by atoms with Gasteiger partial charge in [0, 0.05) is 43.3 Å². The van der Waals surface area contributed by atoms with Gasteiger partial charge in [0.25, 0.3) is 0 Å². The Morgan fingerprint density at radius 1 is 1.19 bits per heavy atom. The number of hydrogen-bond donors (Lipinski definition) is 3. The summed E-state index contributed by atoms with van der Waals surface area (Å²) in [5, 5.41) is 15.1. The normalized spacial score (nSPS) is 14.3. The number of aliphatic carboxylic acids is 1. The van der Waals surface area contributed by atoms with Crippen LogP contribution >= 0.6 is 0 Å². The van der Waals surface area contributed by atoms with E-state index < -0.39 is 12.1 Å². The van der Waals surface area contributed by atoms with Crippen molar-refractivity contribution < 1.29 is 27.5 Å². The minimum Gasteiger partial charge on any atom is -0.475 e. The number of carboxylic acids is 1. The zero-order valence-corrected chi connectivity index (χ0v) is 20.2. The minimum absolute atomic E-state index is 0.392. The van der Waals surface area contributed by atoms with Crippen LogP contribution in [-0.4, -0.2) is 64.2 Å². The van der Waals surface area contributed by atoms with Crippen molar-refractivity contribution in [3.8, 4) is 22.6 Å². The predicted molar refractivity (Wildman–Crippen MR) is 132 cm³/mol. The molecule has 0 bridgehead atoms. The number of fused-ring (bicyclic) bond motifs is 1. The van der Waals surface area contributed by atoms with Crippen molar-refractivity contribution in [1.29, 1.82) is 0 Å². The summed E-state index contributed by atoms with van der Waals surface area (Å²) in [6, 6.07) is 8.34. The second-order valence-corrected chi connectivity index (χ2v) is 8.72. The molecule has 1 aromatic carbocycles. The molecule has 0 saturated carbocycles. The number of benzene rings is 1. The lowest BCUT2D eigenvalue weighted by Crippen LogP contribution is -2.29. The maximum Gasteiger partial charge on any atom is 0.490 e. The van der Waals surface area contributed by atoms with Crippen LogP contribution in [0.5, 0.6) is 0 Å². The van der Waals surface area contributed by atoms with Crippen LogP contribution in [0.4, 0.5) is 24.7 Å². The number of carbonyl (C=O) groups is 1. The molecule has 0 radical (unpaired) electrons. The fraction of sp³-hybridized carbons (Fsp3) is 0.333. The first kappa shape index (κ1) is 25.9. The van der Waals surface area contributed by atoms with Crippen LogP contribution in [0.25, 0.3) is 33.7 Å². The topological polar surface area (TPSA) is 135 Å². The van der Waals surface area contributed by atoms with E-state index in [9.17, 15) is 13.2 Å². The van der Waals surface area contributed by atoms with Crippen molar-refractivity contribution in [3.63, 3.8) is 0 Å². The van der Waals surface area contributed by atoms with Gasteiger partial charge in [-0.15, -0.1) is 0 Å². The molecule has 1 aliphatic rings. The number of nitrogens with zero attached hydrogens (tertiary/aromatic N) is 5. The first-order valence-corrected chi connectivity index (χ1v) is 11.4. The van der Waals surface area contributed by atoms with E-state index in [-0.39, 0.29) is 0 Å². The van der Waals surface area contributed by atoms with Gasteiger partial charge >= 0.3 is 12.1 Å². The van der Waals surface area contributed by atoms with E-state index in [1.807, 2.05) is 49.5 Å². The summed E-state index contributed by atoms with van der Waals surface area (Å²) in [7, 11) is 4.00. The third-order valence-electron chi connectivity index (χ3n) is 5.90. The molecule has 13 heteroatoms. The highest BCUT2D eigenvalue weighted by molar-refractivity contribution is 5.83. The van der Waals surface area contributed by atoms with Gasteiger partial charge in [0.05, 0.1) is 17.8 Å². The van der Waals surface area contributed by atoms with Crippen molar-refractivity contribution >= 4 is 28.6 Å². The third kappa shape index (κ3) is 6.00. The second kappa shape index (κ2) is 10.5. The third-order valence-corrected chi connectivity index (χ3v) is 5.90. The summed E-state index contributed by atoms with van der Waals surface area (Å²) < 4.78 is 39.8. The summed E-state index contributed by atoms with van der Waals surface area (Å²) in [4.78, 5) is 20.0. The Morgan fingerprint density at radius 3 is 2.54 bits per heavy atom. The number of oxazole rings is 1. The number of anilines is 2. The van der Waals surface area contributed by atoms with E-state index in [2.05, 4.69) is 31.3 Å². The van der Waals surface area contributed by atoms with Crippen LogP contribution in [0.2, 0.25) is 0 Å². The smallest absolute Gasteiger partial charge is 0.475 e. The molecule has 4 heterocycles. The lowest BCUT2D eigenvalue weighted by Gasteiger charge is -2.22. The van der Waals surface area contributed by atoms with Gasteiger partial charge in [-0.2, -0.15) is 18.3 Å². The van der Waals surface area contributed by atoms with E-state index in [4.69, 9.17) is 20.1 Å². The van der Waals surface area contributed by atoms with Crippen molar-refractivity contribution in [2.24, 2.45) is 0 Å². The number of nitrogen functional groups attached to an aromatic ring is 1. The Hall–Kier alpha value is -4.13. The predicted octanol–water partition coefficient (Wildman–Crippen LogP) is 3.96. The lowest BCUT2D eigenvalue weighted by atomic mass is 10.1. The quantitative estimate of drug-likeness (QED) is 0.368. The minimum atomic E-state index is -5.08. The molecule has 0 atom stereocenters. The number of nitrogens with one attached hydrogen (secondary N) is 1. The van der Waals surface area contributed by atoms with Gasteiger partial charge in [-0.25, -0.2) is 14.8 Å². The van der Waals surface area contributed by atoms with Crippen LogP contribution in [0.1, 0.15) is 18.9 Å². The molecule has 3 aromatic heterocycles. The number of piperidine rings is 1. The average Bonchev–Trinajstić information content (AvgIpc) is 3.52. The van der Waals surface area contributed by atoms with Crippen molar-refractivity contribution in [3.05, 3.63) is 42.9 Å². The molecule has 37 heavy (non-hydrogen) atoms. The molecular formula is C24H26F3N7O3. The van der Waals surface area contributed by atoms with Gasteiger partial charge in [0.1, 0.15) is 11.3 Å².